The van der Waals surface area contributed by atoms with E-state index in [-0.39, 0.29) is 11.3 Å². The molecule has 0 amide bonds. The molecular formula is C16H18FNO5P2. The van der Waals surface area contributed by atoms with Gasteiger partial charge in [-0.25, -0.2) is 13.3 Å². The Kier molecular flexibility index (Phi) is 6.20. The number of hydrogen-bond donors (Lipinski definition) is 2. The average Bonchev–Trinajstić information content (AvgIpc) is 2.50. The van der Waals surface area contributed by atoms with Crippen molar-refractivity contribution >= 4 is 26.6 Å². The van der Waals surface area contributed by atoms with E-state index in [0.29, 0.717) is 0 Å². The predicted octanol–water partition coefficient (Wildman–Crippen LogP) is 4.91. The summed E-state index contributed by atoms with van der Waals surface area (Å²) in [6.45, 7) is 1.97. The molecule has 9 heteroatoms. The van der Waals surface area contributed by atoms with Crippen LogP contribution in [0.15, 0.2) is 60.8 Å². The van der Waals surface area contributed by atoms with E-state index < -0.39 is 21.0 Å². The second kappa shape index (κ2) is 7.98. The zero-order chi connectivity index (χ0) is 18.5. The van der Waals surface area contributed by atoms with Crippen molar-refractivity contribution < 1.29 is 27.2 Å². The topological polar surface area (TPSA) is 84.9 Å². The van der Waals surface area contributed by atoms with E-state index in [9.17, 15) is 18.4 Å². The summed E-state index contributed by atoms with van der Waals surface area (Å²) in [6, 6.07) is 14.5. The van der Waals surface area contributed by atoms with Gasteiger partial charge in [0.2, 0.25) is 0 Å². The maximum Gasteiger partial charge on any atom is 0.383 e. The molecule has 0 aliphatic rings. The van der Waals surface area contributed by atoms with Gasteiger partial charge in [-0.1, -0.05) is 30.3 Å². The van der Waals surface area contributed by atoms with Crippen LogP contribution in [0, 0.1) is 5.82 Å². The molecular weight excluding hydrogens is 367 g/mol. The minimum absolute atomic E-state index is 0.00244. The highest BCUT2D eigenvalue weighted by molar-refractivity contribution is 7.66. The van der Waals surface area contributed by atoms with Gasteiger partial charge in [0.15, 0.2) is 5.76 Å². The number of benzene rings is 2. The van der Waals surface area contributed by atoms with Crippen LogP contribution in [0.25, 0.3) is 5.76 Å². The number of para-hydroxylation sites is 1. The molecule has 0 radical (unpaired) electrons. The van der Waals surface area contributed by atoms with E-state index in [1.54, 1.807) is 18.2 Å². The van der Waals surface area contributed by atoms with Crippen molar-refractivity contribution in [3.63, 3.8) is 0 Å². The summed E-state index contributed by atoms with van der Waals surface area (Å²) < 4.78 is 47.2. The minimum atomic E-state index is -4.03. The van der Waals surface area contributed by atoms with Gasteiger partial charge in [0.1, 0.15) is 5.82 Å². The van der Waals surface area contributed by atoms with Crippen molar-refractivity contribution in [1.82, 2.24) is 0 Å². The van der Waals surface area contributed by atoms with Gasteiger partial charge in [0.05, 0.1) is 6.66 Å². The lowest BCUT2D eigenvalue weighted by Crippen LogP contribution is -1.98. The first-order valence-corrected chi connectivity index (χ1v) is 11.2. The standard InChI is InChI=1S/C16H18FNO5P2/c1-24(19,20)23-25(2,21)22-16(13-7-6-8-14(17)11-13)12-18-15-9-4-3-5-10-15/h3-12,18H,1-2H3,(H,19,20). The largest absolute Gasteiger partial charge is 0.422 e. The Bertz CT molecular complexity index is 851. The zero-order valence-electron chi connectivity index (χ0n) is 13.6. The monoisotopic (exact) mass is 385 g/mol. The molecule has 0 bridgehead atoms. The Morgan fingerprint density at radius 3 is 2.40 bits per heavy atom. The van der Waals surface area contributed by atoms with E-state index in [2.05, 4.69) is 9.63 Å². The van der Waals surface area contributed by atoms with E-state index >= 15 is 0 Å². The van der Waals surface area contributed by atoms with E-state index in [1.165, 1.54) is 24.4 Å². The van der Waals surface area contributed by atoms with Crippen molar-refractivity contribution in [2.45, 2.75) is 0 Å². The molecule has 6 nitrogen and oxygen atoms in total. The summed E-state index contributed by atoms with van der Waals surface area (Å²) in [7, 11) is -7.95. The molecule has 2 unspecified atom stereocenters. The Labute approximate surface area is 145 Å². The first kappa shape index (κ1) is 19.4. The van der Waals surface area contributed by atoms with E-state index in [4.69, 9.17) is 4.52 Å². The van der Waals surface area contributed by atoms with Gasteiger partial charge >= 0.3 is 15.2 Å². The van der Waals surface area contributed by atoms with Gasteiger partial charge in [0, 0.05) is 24.1 Å². The van der Waals surface area contributed by atoms with Crippen LogP contribution in [-0.2, 0) is 18.0 Å². The first-order chi connectivity index (χ1) is 11.6. The summed E-state index contributed by atoms with van der Waals surface area (Å²) in [5.41, 5.74) is 1.01. The third-order valence-corrected chi connectivity index (χ3v) is 5.74. The highest BCUT2D eigenvalue weighted by Crippen LogP contribution is 2.60. The maximum absolute atomic E-state index is 13.5. The molecule has 2 N–H and O–H groups in total. The van der Waals surface area contributed by atoms with Crippen molar-refractivity contribution in [3.8, 4) is 0 Å². The molecule has 0 aliphatic heterocycles. The van der Waals surface area contributed by atoms with Gasteiger partial charge < -0.3 is 14.7 Å². The minimum Gasteiger partial charge on any atom is -0.422 e. The molecule has 0 spiro atoms. The van der Waals surface area contributed by atoms with Crippen molar-refractivity contribution in [2.75, 3.05) is 18.6 Å². The third kappa shape index (κ3) is 6.85. The summed E-state index contributed by atoms with van der Waals surface area (Å²) in [4.78, 5) is 9.27. The summed E-state index contributed by atoms with van der Waals surface area (Å²) in [5.74, 6) is -0.510. The Morgan fingerprint density at radius 1 is 1.12 bits per heavy atom. The molecule has 25 heavy (non-hydrogen) atoms. The summed E-state index contributed by atoms with van der Waals surface area (Å²) in [5, 5.41) is 2.93. The fourth-order valence-corrected chi connectivity index (χ4v) is 4.81. The Morgan fingerprint density at radius 2 is 1.80 bits per heavy atom. The fraction of sp³-hybridized carbons (Fsp3) is 0.125. The van der Waals surface area contributed by atoms with Crippen LogP contribution in [0.5, 0.6) is 0 Å². The van der Waals surface area contributed by atoms with E-state index in [0.717, 1.165) is 19.0 Å². The van der Waals surface area contributed by atoms with Crippen LogP contribution in [-0.4, -0.2) is 18.2 Å². The quantitative estimate of drug-likeness (QED) is 0.521. The van der Waals surface area contributed by atoms with Crippen LogP contribution < -0.4 is 5.32 Å². The highest BCUT2D eigenvalue weighted by atomic mass is 31.3. The van der Waals surface area contributed by atoms with Gasteiger partial charge in [-0.3, -0.25) is 4.57 Å². The molecule has 2 rings (SSSR count). The lowest BCUT2D eigenvalue weighted by Gasteiger charge is -2.19. The molecule has 0 saturated heterocycles. The van der Waals surface area contributed by atoms with Crippen LogP contribution in [0.3, 0.4) is 0 Å². The van der Waals surface area contributed by atoms with Crippen LogP contribution in [0.4, 0.5) is 10.1 Å². The van der Waals surface area contributed by atoms with Crippen LogP contribution in [0.1, 0.15) is 5.56 Å². The number of hydrogen-bond acceptors (Lipinski definition) is 5. The Balaban J connectivity index is 2.32. The smallest absolute Gasteiger partial charge is 0.383 e. The fourth-order valence-electron chi connectivity index (χ4n) is 1.96. The lowest BCUT2D eigenvalue weighted by atomic mass is 10.2. The second-order valence-corrected chi connectivity index (χ2v) is 9.26. The molecule has 0 aromatic heterocycles. The van der Waals surface area contributed by atoms with Crippen LogP contribution in [0.2, 0.25) is 0 Å². The average molecular weight is 385 g/mol. The van der Waals surface area contributed by atoms with Crippen LogP contribution >= 0.6 is 15.2 Å². The zero-order valence-corrected chi connectivity index (χ0v) is 15.4. The van der Waals surface area contributed by atoms with Crippen molar-refractivity contribution in [1.29, 1.82) is 0 Å². The molecule has 0 saturated carbocycles. The SMILES string of the molecule is CP(=O)(O)OP(C)(=O)OC(=CNc1ccccc1)c1cccc(F)c1. The van der Waals surface area contributed by atoms with Gasteiger partial charge in [-0.05, 0) is 24.3 Å². The van der Waals surface area contributed by atoms with Crippen molar-refractivity contribution in [2.24, 2.45) is 0 Å². The lowest BCUT2D eigenvalue weighted by molar-refractivity contribution is 0.336. The second-order valence-electron chi connectivity index (χ2n) is 5.28. The summed E-state index contributed by atoms with van der Waals surface area (Å²) >= 11 is 0. The normalized spacial score (nSPS) is 16.6. The number of rotatable bonds is 7. The maximum atomic E-state index is 13.5. The van der Waals surface area contributed by atoms with Gasteiger partial charge in [-0.2, -0.15) is 0 Å². The number of nitrogens with one attached hydrogen (secondary N) is 1. The number of halogens is 1. The summed E-state index contributed by atoms with van der Waals surface area (Å²) in [6.07, 6.45) is 1.38. The van der Waals surface area contributed by atoms with E-state index in [1.807, 2.05) is 18.2 Å². The highest BCUT2D eigenvalue weighted by Gasteiger charge is 2.29. The number of anilines is 1. The predicted molar refractivity (Wildman–Crippen MR) is 95.9 cm³/mol. The first-order valence-electron chi connectivity index (χ1n) is 7.21. The molecule has 2 aromatic carbocycles. The molecule has 0 fully saturated rings. The molecule has 0 heterocycles. The molecule has 2 aromatic rings. The third-order valence-electron chi connectivity index (χ3n) is 2.82. The molecule has 134 valence electrons. The van der Waals surface area contributed by atoms with Gasteiger partial charge in [0.25, 0.3) is 0 Å². The molecule has 2 atom stereocenters. The van der Waals surface area contributed by atoms with Crippen molar-refractivity contribution in [3.05, 3.63) is 72.2 Å². The molecule has 0 aliphatic carbocycles. The van der Waals surface area contributed by atoms with Gasteiger partial charge in [-0.15, -0.1) is 0 Å². The Hall–Kier alpha value is -1.91.